The molecule has 0 saturated carbocycles. The Morgan fingerprint density at radius 3 is 1.32 bits per heavy atom. The maximum Gasteiger partial charge on any atom is 0.0726 e. The van der Waals surface area contributed by atoms with Gasteiger partial charge in [0.2, 0.25) is 0 Å². The van der Waals surface area contributed by atoms with E-state index in [0.717, 1.165) is 34.1 Å². The number of para-hydroxylation sites is 2. The lowest BCUT2D eigenvalue weighted by molar-refractivity contribution is 0.794. The Bertz CT molecular complexity index is 3500. The Labute approximate surface area is 366 Å². The molecule has 0 amide bonds. The SMILES string of the molecule is c1ccc(N(c2cccnc2)c2cc3c4ccccc4c(N(c4ccccc4)c4cccc5c4-c4ccccc4C54c5ccccc5-c5ccccc54)cc3c3ccccc23)cc1. The van der Waals surface area contributed by atoms with E-state index in [2.05, 4.69) is 233 Å². The number of fused-ring (bicyclic) bond motifs is 15. The van der Waals surface area contributed by atoms with Gasteiger partial charge in [-0.2, -0.15) is 0 Å². The van der Waals surface area contributed by atoms with Gasteiger partial charge < -0.3 is 9.80 Å². The molecule has 0 saturated heterocycles. The van der Waals surface area contributed by atoms with Crippen LogP contribution >= 0.6 is 0 Å². The largest absolute Gasteiger partial charge is 0.309 e. The van der Waals surface area contributed by atoms with Gasteiger partial charge in [0.25, 0.3) is 0 Å². The van der Waals surface area contributed by atoms with Gasteiger partial charge in [-0.15, -0.1) is 0 Å². The van der Waals surface area contributed by atoms with Crippen molar-refractivity contribution in [2.45, 2.75) is 5.41 Å². The van der Waals surface area contributed by atoms with E-state index in [1.807, 2.05) is 18.5 Å². The summed E-state index contributed by atoms with van der Waals surface area (Å²) in [7, 11) is 0. The first kappa shape index (κ1) is 35.5. The van der Waals surface area contributed by atoms with E-state index in [0.29, 0.717) is 0 Å². The predicted molar refractivity (Wildman–Crippen MR) is 262 cm³/mol. The molecule has 2 aliphatic carbocycles. The maximum absolute atomic E-state index is 4.57. The highest BCUT2D eigenvalue weighted by atomic mass is 15.2. The molecule has 0 bridgehead atoms. The first-order valence-corrected chi connectivity index (χ1v) is 21.7. The zero-order chi connectivity index (χ0) is 41.5. The molecule has 11 aromatic rings. The Hall–Kier alpha value is -8.27. The molecule has 2 aliphatic rings. The topological polar surface area (TPSA) is 19.4 Å². The van der Waals surface area contributed by atoms with E-state index in [1.54, 1.807) is 0 Å². The van der Waals surface area contributed by atoms with Crippen molar-refractivity contribution < 1.29 is 0 Å². The summed E-state index contributed by atoms with van der Waals surface area (Å²) in [6.07, 6.45) is 3.79. The van der Waals surface area contributed by atoms with Gasteiger partial charge in [-0.05, 0) is 115 Å². The molecule has 13 rings (SSSR count). The fourth-order valence-electron chi connectivity index (χ4n) is 11.1. The Balaban J connectivity index is 1.12. The van der Waals surface area contributed by atoms with E-state index in [9.17, 15) is 0 Å². The van der Waals surface area contributed by atoms with E-state index in [4.69, 9.17) is 0 Å². The first-order chi connectivity index (χ1) is 31.3. The van der Waals surface area contributed by atoms with Crippen LogP contribution in [0.4, 0.5) is 34.1 Å². The number of nitrogens with zero attached hydrogens (tertiary/aromatic N) is 3. The summed E-state index contributed by atoms with van der Waals surface area (Å²) in [6, 6.07) is 82.6. The van der Waals surface area contributed by atoms with Crippen LogP contribution in [0.1, 0.15) is 22.3 Å². The number of anilines is 6. The second kappa shape index (κ2) is 13.9. The van der Waals surface area contributed by atoms with Crippen molar-refractivity contribution in [3.63, 3.8) is 0 Å². The van der Waals surface area contributed by atoms with Crippen molar-refractivity contribution in [1.29, 1.82) is 0 Å². The van der Waals surface area contributed by atoms with Crippen molar-refractivity contribution in [3.05, 3.63) is 259 Å². The number of pyridine rings is 1. The lowest BCUT2D eigenvalue weighted by Crippen LogP contribution is -2.26. The third kappa shape index (κ3) is 5.05. The van der Waals surface area contributed by atoms with E-state index in [1.165, 1.54) is 76.8 Å². The Morgan fingerprint density at radius 2 is 0.746 bits per heavy atom. The molecule has 10 aromatic carbocycles. The molecule has 63 heavy (non-hydrogen) atoms. The average molecular weight is 802 g/mol. The highest BCUT2D eigenvalue weighted by Crippen LogP contribution is 2.65. The van der Waals surface area contributed by atoms with Crippen LogP contribution in [0.25, 0.3) is 54.6 Å². The molecule has 0 N–H and O–H groups in total. The summed E-state index contributed by atoms with van der Waals surface area (Å²) in [5.41, 5.74) is 16.6. The number of rotatable bonds is 6. The molecule has 3 nitrogen and oxygen atoms in total. The number of hydrogen-bond donors (Lipinski definition) is 0. The molecular weight excluding hydrogens is 763 g/mol. The highest BCUT2D eigenvalue weighted by Gasteiger charge is 2.52. The van der Waals surface area contributed by atoms with E-state index >= 15 is 0 Å². The van der Waals surface area contributed by atoms with Crippen LogP contribution in [-0.4, -0.2) is 4.98 Å². The first-order valence-electron chi connectivity index (χ1n) is 21.7. The second-order valence-electron chi connectivity index (χ2n) is 16.6. The Morgan fingerprint density at radius 1 is 0.302 bits per heavy atom. The van der Waals surface area contributed by atoms with Gasteiger partial charge in [-0.25, -0.2) is 0 Å². The molecule has 294 valence electrons. The molecule has 3 heteroatoms. The lowest BCUT2D eigenvalue weighted by atomic mass is 9.70. The van der Waals surface area contributed by atoms with Gasteiger partial charge in [0, 0.05) is 33.9 Å². The zero-order valence-electron chi connectivity index (χ0n) is 34.4. The molecule has 0 atom stereocenters. The quantitative estimate of drug-likeness (QED) is 0.156. The van der Waals surface area contributed by atoms with Gasteiger partial charge in [0.1, 0.15) is 0 Å². The van der Waals surface area contributed by atoms with Crippen LogP contribution in [0.5, 0.6) is 0 Å². The maximum atomic E-state index is 4.57. The van der Waals surface area contributed by atoms with Crippen LogP contribution in [0.2, 0.25) is 0 Å². The third-order valence-electron chi connectivity index (χ3n) is 13.5. The van der Waals surface area contributed by atoms with Crippen molar-refractivity contribution in [2.24, 2.45) is 0 Å². The van der Waals surface area contributed by atoms with Crippen LogP contribution in [-0.2, 0) is 5.41 Å². The molecule has 1 spiro atoms. The standard InChI is InChI=1S/C60H39N3/c1-3-19-40(20-4-1)62(42-23-18-36-61-39-42)57-37-50-44-25-8-10-29-48(44)58(38-51(50)43-24-7-9-28-47(43)57)63(41-21-5-2-6-22-41)56-35-17-34-55-59(56)49-30-13-16-33-54(49)60(55)52-31-14-11-26-45(52)46-27-12-15-32-53(46)60/h1-39H. The smallest absolute Gasteiger partial charge is 0.0726 e. The summed E-state index contributed by atoms with van der Waals surface area (Å²) in [4.78, 5) is 9.44. The van der Waals surface area contributed by atoms with Crippen molar-refractivity contribution in [3.8, 4) is 22.3 Å². The third-order valence-corrected chi connectivity index (χ3v) is 13.5. The monoisotopic (exact) mass is 801 g/mol. The molecule has 1 heterocycles. The fourth-order valence-corrected chi connectivity index (χ4v) is 11.1. The summed E-state index contributed by atoms with van der Waals surface area (Å²) in [5, 5.41) is 7.13. The minimum atomic E-state index is -0.450. The molecule has 0 fully saturated rings. The van der Waals surface area contributed by atoms with Crippen molar-refractivity contribution >= 4 is 66.4 Å². The van der Waals surface area contributed by atoms with Crippen LogP contribution in [0.3, 0.4) is 0 Å². The molecule has 0 radical (unpaired) electrons. The van der Waals surface area contributed by atoms with Gasteiger partial charge in [0.15, 0.2) is 0 Å². The Kier molecular flexibility index (Phi) is 7.82. The molecule has 0 unspecified atom stereocenters. The van der Waals surface area contributed by atoms with Gasteiger partial charge >= 0.3 is 0 Å². The van der Waals surface area contributed by atoms with Gasteiger partial charge in [-0.3, -0.25) is 4.98 Å². The minimum absolute atomic E-state index is 0.450. The second-order valence-corrected chi connectivity index (χ2v) is 16.6. The zero-order valence-corrected chi connectivity index (χ0v) is 34.4. The van der Waals surface area contributed by atoms with Gasteiger partial charge in [0.05, 0.1) is 34.4 Å². The average Bonchev–Trinajstić information content (AvgIpc) is 3.83. The number of aromatic nitrogens is 1. The normalized spacial score (nSPS) is 12.9. The molecule has 0 aliphatic heterocycles. The highest BCUT2D eigenvalue weighted by molar-refractivity contribution is 6.25. The van der Waals surface area contributed by atoms with Gasteiger partial charge in [-0.1, -0.05) is 170 Å². The van der Waals surface area contributed by atoms with E-state index in [-0.39, 0.29) is 0 Å². The molecular formula is C60H39N3. The summed E-state index contributed by atoms with van der Waals surface area (Å²) < 4.78 is 0. The minimum Gasteiger partial charge on any atom is -0.309 e. The van der Waals surface area contributed by atoms with Crippen molar-refractivity contribution in [1.82, 2.24) is 4.98 Å². The van der Waals surface area contributed by atoms with Crippen LogP contribution in [0, 0.1) is 0 Å². The summed E-state index contributed by atoms with van der Waals surface area (Å²) >= 11 is 0. The number of hydrogen-bond acceptors (Lipinski definition) is 3. The van der Waals surface area contributed by atoms with Crippen LogP contribution < -0.4 is 9.80 Å². The predicted octanol–water partition coefficient (Wildman–Crippen LogP) is 15.8. The van der Waals surface area contributed by atoms with E-state index < -0.39 is 5.41 Å². The molecule has 1 aromatic heterocycles. The number of benzene rings is 10. The fraction of sp³-hybridized carbons (Fsp3) is 0.0167. The summed E-state index contributed by atoms with van der Waals surface area (Å²) in [5.74, 6) is 0. The van der Waals surface area contributed by atoms with Crippen molar-refractivity contribution in [2.75, 3.05) is 9.80 Å². The van der Waals surface area contributed by atoms with Crippen LogP contribution in [0.15, 0.2) is 237 Å². The lowest BCUT2D eigenvalue weighted by Gasteiger charge is -2.32. The summed E-state index contributed by atoms with van der Waals surface area (Å²) in [6.45, 7) is 0.